The van der Waals surface area contributed by atoms with Crippen LogP contribution in [-0.2, 0) is 11.3 Å². The fourth-order valence-corrected chi connectivity index (χ4v) is 2.94. The Morgan fingerprint density at radius 1 is 1.13 bits per heavy atom. The van der Waals surface area contributed by atoms with Crippen LogP contribution in [0.5, 0.6) is 11.5 Å². The Balaban J connectivity index is 1.87. The van der Waals surface area contributed by atoms with Crippen molar-refractivity contribution >= 4 is 33.6 Å². The lowest BCUT2D eigenvalue weighted by Crippen LogP contribution is -2.24. The molecule has 0 aliphatic carbocycles. The number of amides is 1. The summed E-state index contributed by atoms with van der Waals surface area (Å²) in [6.45, 7) is 0.403. The first kappa shape index (κ1) is 17.7. The van der Waals surface area contributed by atoms with E-state index in [1.165, 1.54) is 11.8 Å². The quantitative estimate of drug-likeness (QED) is 0.722. The molecule has 0 fully saturated rings. The Bertz CT molecular complexity index is 661. The van der Waals surface area contributed by atoms with E-state index in [0.29, 0.717) is 12.3 Å². The van der Waals surface area contributed by atoms with Crippen LogP contribution >= 0.6 is 27.7 Å². The SMILES string of the molecule is COc1ccc(OC)c(CNC(=O)CSc2ccc(Br)cc2)c1. The lowest BCUT2D eigenvalue weighted by Gasteiger charge is -2.11. The van der Waals surface area contributed by atoms with Crippen LogP contribution in [0.3, 0.4) is 0 Å². The van der Waals surface area contributed by atoms with Gasteiger partial charge in [0.05, 0.1) is 20.0 Å². The van der Waals surface area contributed by atoms with Crippen molar-refractivity contribution in [2.75, 3.05) is 20.0 Å². The molecule has 0 bridgehead atoms. The normalized spacial score (nSPS) is 10.2. The average Bonchev–Trinajstić information content (AvgIpc) is 2.59. The smallest absolute Gasteiger partial charge is 0.230 e. The number of methoxy groups -OCH3 is 2. The minimum atomic E-state index is -0.0252. The first-order valence-corrected chi connectivity index (χ1v) is 8.76. The third-order valence-electron chi connectivity index (χ3n) is 3.15. The van der Waals surface area contributed by atoms with E-state index in [1.807, 2.05) is 42.5 Å². The number of ether oxygens (including phenoxy) is 2. The third kappa shape index (κ3) is 5.48. The molecule has 6 heteroatoms. The summed E-state index contributed by atoms with van der Waals surface area (Å²) < 4.78 is 11.5. The number of thioether (sulfide) groups is 1. The second-order valence-electron chi connectivity index (χ2n) is 4.70. The molecule has 2 aromatic rings. The van der Waals surface area contributed by atoms with Gasteiger partial charge in [-0.2, -0.15) is 0 Å². The molecule has 2 rings (SSSR count). The molecular weight excluding hydrogens is 378 g/mol. The van der Waals surface area contributed by atoms with Gasteiger partial charge >= 0.3 is 0 Å². The molecule has 0 aliphatic rings. The largest absolute Gasteiger partial charge is 0.497 e. The molecule has 0 unspecified atom stereocenters. The number of rotatable bonds is 7. The van der Waals surface area contributed by atoms with E-state index in [1.54, 1.807) is 14.2 Å². The number of carbonyl (C=O) groups excluding carboxylic acids is 1. The molecule has 0 saturated carbocycles. The van der Waals surface area contributed by atoms with Gasteiger partial charge in [0.1, 0.15) is 11.5 Å². The maximum atomic E-state index is 12.0. The molecule has 2 aromatic carbocycles. The van der Waals surface area contributed by atoms with Gasteiger partial charge in [-0.3, -0.25) is 4.79 Å². The highest BCUT2D eigenvalue weighted by Gasteiger charge is 2.08. The Hall–Kier alpha value is -1.66. The Morgan fingerprint density at radius 3 is 2.52 bits per heavy atom. The monoisotopic (exact) mass is 395 g/mol. The highest BCUT2D eigenvalue weighted by molar-refractivity contribution is 9.10. The third-order valence-corrected chi connectivity index (χ3v) is 4.69. The maximum absolute atomic E-state index is 12.0. The van der Waals surface area contributed by atoms with E-state index in [-0.39, 0.29) is 5.91 Å². The predicted molar refractivity (Wildman–Crippen MR) is 96.3 cm³/mol. The van der Waals surface area contributed by atoms with E-state index in [2.05, 4.69) is 21.2 Å². The predicted octanol–water partition coefficient (Wildman–Crippen LogP) is 3.87. The van der Waals surface area contributed by atoms with Crippen LogP contribution in [0.25, 0.3) is 0 Å². The number of nitrogens with one attached hydrogen (secondary N) is 1. The summed E-state index contributed by atoms with van der Waals surface area (Å²) in [6.07, 6.45) is 0. The Kier molecular flexibility index (Phi) is 6.80. The van der Waals surface area contributed by atoms with Crippen molar-refractivity contribution in [3.8, 4) is 11.5 Å². The lowest BCUT2D eigenvalue weighted by atomic mass is 10.2. The van der Waals surface area contributed by atoms with E-state index in [0.717, 1.165) is 26.4 Å². The molecular formula is C17H18BrNO3S. The van der Waals surface area contributed by atoms with Gasteiger partial charge in [0, 0.05) is 21.5 Å². The topological polar surface area (TPSA) is 47.6 Å². The molecule has 0 saturated heterocycles. The summed E-state index contributed by atoms with van der Waals surface area (Å²) in [5.41, 5.74) is 0.883. The highest BCUT2D eigenvalue weighted by Crippen LogP contribution is 2.24. The van der Waals surface area contributed by atoms with Gasteiger partial charge in [0.15, 0.2) is 0 Å². The maximum Gasteiger partial charge on any atom is 0.230 e. The fraction of sp³-hybridized carbons (Fsp3) is 0.235. The molecule has 122 valence electrons. The van der Waals surface area contributed by atoms with E-state index >= 15 is 0 Å². The van der Waals surface area contributed by atoms with Crippen LogP contribution in [0.15, 0.2) is 51.8 Å². The molecule has 0 aliphatic heterocycles. The van der Waals surface area contributed by atoms with E-state index in [9.17, 15) is 4.79 Å². The van der Waals surface area contributed by atoms with Crippen LogP contribution in [0, 0.1) is 0 Å². The zero-order valence-corrected chi connectivity index (χ0v) is 15.4. The summed E-state index contributed by atoms with van der Waals surface area (Å²) in [5, 5.41) is 2.90. The summed E-state index contributed by atoms with van der Waals surface area (Å²) in [6, 6.07) is 13.4. The molecule has 0 spiro atoms. The summed E-state index contributed by atoms with van der Waals surface area (Å²) in [7, 11) is 3.22. The standard InChI is InChI=1S/C17H18BrNO3S/c1-21-14-5-8-16(22-2)12(9-14)10-19-17(20)11-23-15-6-3-13(18)4-7-15/h3-9H,10-11H2,1-2H3,(H,19,20). The molecule has 23 heavy (non-hydrogen) atoms. The van der Waals surface area contributed by atoms with Crippen molar-refractivity contribution < 1.29 is 14.3 Å². The summed E-state index contributed by atoms with van der Waals surface area (Å²) >= 11 is 4.89. The summed E-state index contributed by atoms with van der Waals surface area (Å²) in [5.74, 6) is 1.81. The lowest BCUT2D eigenvalue weighted by molar-refractivity contribution is -0.118. The molecule has 0 atom stereocenters. The Morgan fingerprint density at radius 2 is 1.87 bits per heavy atom. The summed E-state index contributed by atoms with van der Waals surface area (Å²) in [4.78, 5) is 13.1. The molecule has 0 heterocycles. The minimum Gasteiger partial charge on any atom is -0.497 e. The van der Waals surface area contributed by atoms with Crippen molar-refractivity contribution in [1.82, 2.24) is 5.32 Å². The van der Waals surface area contributed by atoms with Crippen molar-refractivity contribution in [3.63, 3.8) is 0 Å². The van der Waals surface area contributed by atoms with Crippen LogP contribution in [0.4, 0.5) is 0 Å². The first-order valence-electron chi connectivity index (χ1n) is 6.98. The molecule has 1 amide bonds. The number of carbonyl (C=O) groups is 1. The van der Waals surface area contributed by atoms with Gasteiger partial charge in [0.25, 0.3) is 0 Å². The molecule has 0 aromatic heterocycles. The van der Waals surface area contributed by atoms with Gasteiger partial charge in [0.2, 0.25) is 5.91 Å². The zero-order valence-electron chi connectivity index (χ0n) is 13.0. The van der Waals surface area contributed by atoms with Crippen LogP contribution < -0.4 is 14.8 Å². The average molecular weight is 396 g/mol. The van der Waals surface area contributed by atoms with Crippen molar-refractivity contribution in [2.45, 2.75) is 11.4 Å². The zero-order chi connectivity index (χ0) is 16.7. The van der Waals surface area contributed by atoms with E-state index < -0.39 is 0 Å². The van der Waals surface area contributed by atoms with Crippen molar-refractivity contribution in [2.24, 2.45) is 0 Å². The van der Waals surface area contributed by atoms with Gasteiger partial charge in [-0.05, 0) is 42.5 Å². The van der Waals surface area contributed by atoms with Crippen LogP contribution in [0.1, 0.15) is 5.56 Å². The van der Waals surface area contributed by atoms with Gasteiger partial charge in [-0.1, -0.05) is 15.9 Å². The Labute approximate surface area is 148 Å². The molecule has 0 radical (unpaired) electrons. The fourth-order valence-electron chi connectivity index (χ4n) is 1.94. The second-order valence-corrected chi connectivity index (χ2v) is 6.66. The van der Waals surface area contributed by atoms with Crippen molar-refractivity contribution in [3.05, 3.63) is 52.5 Å². The number of benzene rings is 2. The van der Waals surface area contributed by atoms with Gasteiger partial charge < -0.3 is 14.8 Å². The molecule has 4 nitrogen and oxygen atoms in total. The number of hydrogen-bond acceptors (Lipinski definition) is 4. The van der Waals surface area contributed by atoms with Crippen LogP contribution in [0.2, 0.25) is 0 Å². The van der Waals surface area contributed by atoms with Crippen LogP contribution in [-0.4, -0.2) is 25.9 Å². The van der Waals surface area contributed by atoms with Gasteiger partial charge in [-0.25, -0.2) is 0 Å². The van der Waals surface area contributed by atoms with Gasteiger partial charge in [-0.15, -0.1) is 11.8 Å². The first-order chi connectivity index (χ1) is 11.1. The van der Waals surface area contributed by atoms with E-state index in [4.69, 9.17) is 9.47 Å². The number of hydrogen-bond donors (Lipinski definition) is 1. The van der Waals surface area contributed by atoms with Crippen molar-refractivity contribution in [1.29, 1.82) is 0 Å². The molecule has 1 N–H and O–H groups in total. The second kappa shape index (κ2) is 8.84. The highest BCUT2D eigenvalue weighted by atomic mass is 79.9. The number of halogens is 1. The minimum absolute atomic E-state index is 0.0252.